The molecule has 0 spiro atoms. The molecule has 4 aliphatic heterocycles. The molecule has 0 unspecified atom stereocenters. The second kappa shape index (κ2) is 18.9. The van der Waals surface area contributed by atoms with Crippen molar-refractivity contribution in [1.82, 2.24) is 31.1 Å². The number of rotatable bonds is 19. The smallest absolute Gasteiger partial charge is 0.423 e. The summed E-state index contributed by atoms with van der Waals surface area (Å²) in [6.45, 7) is 3.17. The third-order valence-electron chi connectivity index (χ3n) is 10.2. The van der Waals surface area contributed by atoms with Crippen molar-refractivity contribution in [3.63, 3.8) is 0 Å². The van der Waals surface area contributed by atoms with Gasteiger partial charge in [0.15, 0.2) is 0 Å². The summed E-state index contributed by atoms with van der Waals surface area (Å²) in [6.07, 6.45) is 3.98. The molecule has 0 saturated carbocycles. The number of allylic oxidation sites excluding steroid dienone is 1. The zero-order valence-corrected chi connectivity index (χ0v) is 30.7. The second-order valence-corrected chi connectivity index (χ2v) is 15.4. The number of fused-ring (bicyclic) bond motifs is 2. The summed E-state index contributed by atoms with van der Waals surface area (Å²) in [5.41, 5.74) is 4.45. The SMILES string of the molecule is N=C/C(=C(\C(N)=O)C(F)(F)F)N1Cc2ccc(OC3CCN(CC(=O)NCCCCCCNC(=O)CCCC[C@@H]4SC[C@@H]5NC(=O)N[C@@H]54)CC3)cc2C1. The molecule has 0 aromatic heterocycles. The number of amides is 5. The number of nitrogens with one attached hydrogen (secondary N) is 5. The Hall–Kier alpha value is -3.99. The highest BCUT2D eigenvalue weighted by Gasteiger charge is 2.43. The molecule has 5 amide bonds. The number of unbranched alkanes of at least 4 members (excludes halogenated alkanes) is 4. The van der Waals surface area contributed by atoms with Gasteiger partial charge in [-0.2, -0.15) is 24.9 Å². The lowest BCUT2D eigenvalue weighted by Crippen LogP contribution is -2.43. The number of piperidine rings is 1. The van der Waals surface area contributed by atoms with E-state index in [9.17, 15) is 32.3 Å². The molecule has 3 fully saturated rings. The summed E-state index contributed by atoms with van der Waals surface area (Å²) in [6, 6.07) is 5.71. The lowest BCUT2D eigenvalue weighted by Gasteiger charge is -2.31. The van der Waals surface area contributed by atoms with Crippen molar-refractivity contribution < 1.29 is 37.1 Å². The molecule has 13 nitrogen and oxygen atoms in total. The van der Waals surface area contributed by atoms with Crippen LogP contribution in [0.3, 0.4) is 0 Å². The van der Waals surface area contributed by atoms with Crippen LogP contribution < -0.4 is 31.7 Å². The van der Waals surface area contributed by atoms with E-state index in [1.807, 2.05) is 11.8 Å². The number of hydrogen-bond acceptors (Lipinski definition) is 9. The molecule has 4 aliphatic rings. The van der Waals surface area contributed by atoms with Crippen LogP contribution in [0.5, 0.6) is 5.75 Å². The topological polar surface area (TPSA) is 182 Å². The van der Waals surface area contributed by atoms with Crippen LogP contribution in [0.1, 0.15) is 75.3 Å². The molecule has 3 atom stereocenters. The Balaban J connectivity index is 0.880. The Bertz CT molecular complexity index is 1520. The molecule has 17 heteroatoms. The van der Waals surface area contributed by atoms with Crippen LogP contribution >= 0.6 is 11.8 Å². The largest absolute Gasteiger partial charge is 0.490 e. The number of nitrogens with two attached hydrogens (primary N) is 1. The van der Waals surface area contributed by atoms with Gasteiger partial charge in [-0.1, -0.05) is 25.3 Å². The molecule has 4 heterocycles. The van der Waals surface area contributed by atoms with Crippen LogP contribution in [-0.4, -0.2) is 108 Å². The molecule has 3 saturated heterocycles. The zero-order valence-electron chi connectivity index (χ0n) is 29.9. The zero-order chi connectivity index (χ0) is 38.0. The van der Waals surface area contributed by atoms with Crippen LogP contribution in [0.4, 0.5) is 18.0 Å². The van der Waals surface area contributed by atoms with E-state index in [1.165, 1.54) is 4.90 Å². The molecule has 0 radical (unpaired) electrons. The van der Waals surface area contributed by atoms with Gasteiger partial charge in [0.2, 0.25) is 11.8 Å². The standard InChI is InChI=1S/C36H51F3N8O5S/c37-36(38,39)32(34(41)50)28(18-40)47-19-23-9-10-26(17-24(23)20-47)52-25-11-15-46(16-12-25)21-31(49)43-14-6-2-1-5-13-42-30(48)8-4-3-7-29-33-27(22-53-29)44-35(51)45-33/h9-10,17-18,25,27,29,33,40H,1-8,11-16,19-22H2,(H2,41,50)(H,42,48)(H,43,49)(H2,44,45,51)/b32-28-,40-18?/t27-,29-,33-/m0/s1. The fourth-order valence-corrected chi connectivity index (χ4v) is 8.95. The molecule has 0 bridgehead atoms. The summed E-state index contributed by atoms with van der Waals surface area (Å²) >= 11 is 1.89. The van der Waals surface area contributed by atoms with Gasteiger partial charge in [0, 0.05) is 62.9 Å². The minimum absolute atomic E-state index is 0.0147. The number of carbonyl (C=O) groups excluding carboxylic acids is 4. The summed E-state index contributed by atoms with van der Waals surface area (Å²) in [7, 11) is 0. The number of likely N-dealkylation sites (tertiary alicyclic amines) is 1. The Morgan fingerprint density at radius 3 is 2.36 bits per heavy atom. The van der Waals surface area contributed by atoms with Crippen molar-refractivity contribution in [2.45, 2.75) is 107 Å². The molecule has 292 valence electrons. The molecule has 53 heavy (non-hydrogen) atoms. The van der Waals surface area contributed by atoms with Gasteiger partial charge in [0.25, 0.3) is 5.91 Å². The van der Waals surface area contributed by atoms with Crippen molar-refractivity contribution in [3.05, 3.63) is 40.6 Å². The predicted octanol–water partition coefficient (Wildman–Crippen LogP) is 3.32. The van der Waals surface area contributed by atoms with Gasteiger partial charge in [0.1, 0.15) is 17.4 Å². The van der Waals surface area contributed by atoms with Gasteiger partial charge in [-0.3, -0.25) is 19.3 Å². The second-order valence-electron chi connectivity index (χ2n) is 14.1. The lowest BCUT2D eigenvalue weighted by atomic mass is 10.0. The number of halogens is 3. The van der Waals surface area contributed by atoms with Crippen LogP contribution in [0.2, 0.25) is 0 Å². The fourth-order valence-electron chi connectivity index (χ4n) is 7.41. The number of alkyl halides is 3. The number of thioether (sulfide) groups is 1. The monoisotopic (exact) mass is 764 g/mol. The van der Waals surface area contributed by atoms with Crippen molar-refractivity contribution >= 4 is 41.7 Å². The molecule has 7 N–H and O–H groups in total. The van der Waals surface area contributed by atoms with E-state index in [1.54, 1.807) is 18.2 Å². The number of benzene rings is 1. The number of nitrogens with zero attached hydrogens (tertiary/aromatic N) is 2. The first-order valence-corrected chi connectivity index (χ1v) is 19.6. The Morgan fingerprint density at radius 2 is 1.68 bits per heavy atom. The van der Waals surface area contributed by atoms with E-state index in [4.69, 9.17) is 15.9 Å². The first kappa shape index (κ1) is 40.2. The Morgan fingerprint density at radius 1 is 0.981 bits per heavy atom. The first-order chi connectivity index (χ1) is 25.4. The highest BCUT2D eigenvalue weighted by molar-refractivity contribution is 8.00. The average molecular weight is 765 g/mol. The molecular weight excluding hydrogens is 714 g/mol. The van der Waals surface area contributed by atoms with Crippen LogP contribution in [-0.2, 0) is 27.5 Å². The molecule has 5 rings (SSSR count). The minimum atomic E-state index is -4.97. The van der Waals surface area contributed by atoms with Crippen molar-refractivity contribution in [3.8, 4) is 5.75 Å². The van der Waals surface area contributed by atoms with Gasteiger partial charge < -0.3 is 42.0 Å². The van der Waals surface area contributed by atoms with Crippen LogP contribution in [0.15, 0.2) is 29.5 Å². The van der Waals surface area contributed by atoms with E-state index in [-0.39, 0.29) is 49.1 Å². The maximum Gasteiger partial charge on any atom is 0.423 e. The maximum atomic E-state index is 13.5. The molecule has 1 aromatic rings. The average Bonchev–Trinajstić information content (AvgIpc) is 3.80. The van der Waals surface area contributed by atoms with E-state index >= 15 is 0 Å². The van der Waals surface area contributed by atoms with E-state index in [0.29, 0.717) is 56.4 Å². The van der Waals surface area contributed by atoms with Crippen molar-refractivity contribution in [2.75, 3.05) is 38.5 Å². The number of primary amides is 1. The van der Waals surface area contributed by atoms with E-state index < -0.39 is 23.4 Å². The van der Waals surface area contributed by atoms with E-state index in [0.717, 1.165) is 74.7 Å². The Kier molecular flexibility index (Phi) is 14.3. The van der Waals surface area contributed by atoms with Crippen LogP contribution in [0, 0.1) is 5.41 Å². The third-order valence-corrected chi connectivity index (χ3v) is 11.7. The lowest BCUT2D eigenvalue weighted by molar-refractivity contribution is -0.129. The summed E-state index contributed by atoms with van der Waals surface area (Å²) in [5.74, 6) is -0.0108. The van der Waals surface area contributed by atoms with E-state index in [2.05, 4.69) is 26.2 Å². The molecule has 1 aromatic carbocycles. The summed E-state index contributed by atoms with van der Waals surface area (Å²) in [4.78, 5) is 51.2. The maximum absolute atomic E-state index is 13.5. The first-order valence-electron chi connectivity index (χ1n) is 18.5. The number of urea groups is 1. The minimum Gasteiger partial charge on any atom is -0.490 e. The van der Waals surface area contributed by atoms with Gasteiger partial charge in [0.05, 0.1) is 24.3 Å². The van der Waals surface area contributed by atoms with Crippen molar-refractivity contribution in [1.29, 1.82) is 5.41 Å². The molecular formula is C36H51F3N8O5S. The number of hydrogen-bond donors (Lipinski definition) is 6. The molecule has 0 aliphatic carbocycles. The van der Waals surface area contributed by atoms with Crippen molar-refractivity contribution in [2.24, 2.45) is 5.73 Å². The summed E-state index contributed by atoms with van der Waals surface area (Å²) < 4.78 is 46.6. The number of ether oxygens (including phenoxy) is 1. The van der Waals surface area contributed by atoms with Gasteiger partial charge in [-0.15, -0.1) is 0 Å². The summed E-state index contributed by atoms with van der Waals surface area (Å²) in [5, 5.41) is 19.9. The highest BCUT2D eigenvalue weighted by Crippen LogP contribution is 2.35. The third kappa shape index (κ3) is 11.5. The van der Waals surface area contributed by atoms with Gasteiger partial charge >= 0.3 is 12.2 Å². The van der Waals surface area contributed by atoms with Gasteiger partial charge in [-0.25, -0.2) is 4.79 Å². The van der Waals surface area contributed by atoms with Crippen LogP contribution in [0.25, 0.3) is 0 Å². The Labute approximate surface area is 312 Å². The number of carbonyl (C=O) groups is 4. The normalized spacial score (nSPS) is 22.0. The van der Waals surface area contributed by atoms with Gasteiger partial charge in [-0.05, 0) is 61.8 Å². The predicted molar refractivity (Wildman–Crippen MR) is 195 cm³/mol. The quantitative estimate of drug-likeness (QED) is 0.0537. The fraction of sp³-hybridized carbons (Fsp3) is 0.639. The highest BCUT2D eigenvalue weighted by atomic mass is 32.2.